The Kier molecular flexibility index (Phi) is 3.77. The van der Waals surface area contributed by atoms with Gasteiger partial charge in [-0.25, -0.2) is 4.39 Å². The topological polar surface area (TPSA) is 54.5 Å². The van der Waals surface area contributed by atoms with Crippen molar-refractivity contribution in [3.05, 3.63) is 41.3 Å². The second-order valence-corrected chi connectivity index (χ2v) is 7.27. The van der Waals surface area contributed by atoms with Crippen LogP contribution in [0.4, 0.5) is 9.39 Å². The molecule has 4 rings (SSSR count). The molecule has 2 aliphatic rings. The molecule has 0 spiro atoms. The molecule has 3 heterocycles. The van der Waals surface area contributed by atoms with E-state index in [9.17, 15) is 9.18 Å². The summed E-state index contributed by atoms with van der Waals surface area (Å²) in [7, 11) is 1.97. The smallest absolute Gasteiger partial charge is 0.229 e. The van der Waals surface area contributed by atoms with Gasteiger partial charge in [0.1, 0.15) is 16.6 Å². The van der Waals surface area contributed by atoms with Crippen molar-refractivity contribution >= 4 is 22.4 Å². The van der Waals surface area contributed by atoms with Gasteiger partial charge in [-0.15, -0.1) is 0 Å². The van der Waals surface area contributed by atoms with E-state index in [0.717, 1.165) is 16.3 Å². The van der Waals surface area contributed by atoms with Crippen molar-refractivity contribution in [2.24, 2.45) is 11.8 Å². The average Bonchev–Trinajstić information content (AvgIpc) is 3.11. The van der Waals surface area contributed by atoms with Gasteiger partial charge < -0.3 is 10.1 Å². The third-order valence-corrected chi connectivity index (χ3v) is 5.61. The molecule has 0 unspecified atom stereocenters. The molecule has 0 radical (unpaired) electrons. The monoisotopic (exact) mass is 347 g/mol. The highest BCUT2D eigenvalue weighted by Gasteiger charge is 2.47. The third kappa shape index (κ3) is 2.57. The number of likely N-dealkylation sites (tertiary alicyclic amines) is 1. The van der Waals surface area contributed by atoms with Gasteiger partial charge in [0.05, 0.1) is 18.2 Å². The summed E-state index contributed by atoms with van der Waals surface area (Å²) in [6, 6.07) is 6.46. The molecule has 1 aromatic carbocycles. The fourth-order valence-corrected chi connectivity index (χ4v) is 4.43. The van der Waals surface area contributed by atoms with Gasteiger partial charge in [-0.05, 0) is 49.8 Å². The Labute approximate surface area is 143 Å². The van der Waals surface area contributed by atoms with E-state index in [-0.39, 0.29) is 29.6 Å². The lowest BCUT2D eigenvalue weighted by atomic mass is 9.85. The Bertz CT molecular complexity index is 794. The van der Waals surface area contributed by atoms with Crippen molar-refractivity contribution in [2.45, 2.75) is 13.0 Å². The van der Waals surface area contributed by atoms with E-state index < -0.39 is 0 Å². The zero-order valence-corrected chi connectivity index (χ0v) is 14.3. The number of halogens is 1. The first-order valence-corrected chi connectivity index (χ1v) is 8.67. The Morgan fingerprint density at radius 2 is 2.29 bits per heavy atom. The van der Waals surface area contributed by atoms with E-state index in [4.69, 9.17) is 4.74 Å². The number of hydrogen-bond donors (Lipinski definition) is 1. The predicted molar refractivity (Wildman–Crippen MR) is 89.7 cm³/mol. The van der Waals surface area contributed by atoms with E-state index in [1.165, 1.54) is 23.7 Å². The van der Waals surface area contributed by atoms with Crippen LogP contribution in [0.3, 0.4) is 0 Å². The first-order chi connectivity index (χ1) is 11.5. The van der Waals surface area contributed by atoms with Crippen molar-refractivity contribution in [1.29, 1.82) is 0 Å². The summed E-state index contributed by atoms with van der Waals surface area (Å²) in [6.07, 6.45) is 0. The van der Waals surface area contributed by atoms with Crippen LogP contribution in [-0.4, -0.2) is 35.4 Å². The number of rotatable bonds is 2. The van der Waals surface area contributed by atoms with Crippen LogP contribution in [0.2, 0.25) is 0 Å². The van der Waals surface area contributed by atoms with Gasteiger partial charge in [0.25, 0.3) is 0 Å². The Morgan fingerprint density at radius 3 is 3.04 bits per heavy atom. The van der Waals surface area contributed by atoms with Gasteiger partial charge in [0.15, 0.2) is 0 Å². The number of hydrogen-bond acceptors (Lipinski definition) is 5. The first kappa shape index (κ1) is 15.5. The summed E-state index contributed by atoms with van der Waals surface area (Å²) in [5.74, 6) is 0.224. The molecule has 2 aromatic rings. The maximum Gasteiger partial charge on any atom is 0.229 e. The van der Waals surface area contributed by atoms with Crippen molar-refractivity contribution in [2.75, 3.05) is 25.5 Å². The number of amides is 1. The molecular weight excluding hydrogens is 329 g/mol. The second-order valence-electron chi connectivity index (χ2n) is 6.47. The van der Waals surface area contributed by atoms with E-state index in [1.807, 2.05) is 20.0 Å². The van der Waals surface area contributed by atoms with Crippen LogP contribution in [0.25, 0.3) is 0 Å². The van der Waals surface area contributed by atoms with Crippen LogP contribution in [0.1, 0.15) is 17.3 Å². The van der Waals surface area contributed by atoms with Gasteiger partial charge >= 0.3 is 0 Å². The third-order valence-electron chi connectivity index (χ3n) is 4.81. The number of carbonyl (C=O) groups excluding carboxylic acids is 1. The summed E-state index contributed by atoms with van der Waals surface area (Å²) in [5, 5.41) is 3.71. The molecule has 0 saturated carbocycles. The largest absolute Gasteiger partial charge is 0.493 e. The Hall–Kier alpha value is -1.99. The van der Waals surface area contributed by atoms with Crippen molar-refractivity contribution in [3.8, 4) is 5.75 Å². The van der Waals surface area contributed by atoms with Crippen molar-refractivity contribution in [1.82, 2.24) is 9.27 Å². The summed E-state index contributed by atoms with van der Waals surface area (Å²) in [4.78, 5) is 14.8. The number of nitrogens with one attached hydrogen (secondary N) is 1. The lowest BCUT2D eigenvalue weighted by Crippen LogP contribution is -2.34. The maximum absolute atomic E-state index is 13.7. The quantitative estimate of drug-likeness (QED) is 0.908. The fraction of sp³-hybridized carbons (Fsp3) is 0.412. The van der Waals surface area contributed by atoms with Crippen LogP contribution < -0.4 is 10.1 Å². The van der Waals surface area contributed by atoms with Gasteiger partial charge in [0.2, 0.25) is 5.91 Å². The van der Waals surface area contributed by atoms with Crippen molar-refractivity contribution < 1.29 is 13.9 Å². The standard InChI is InChI=1S/C17H18FN3O2S/c1-9-5-15(24-20-9)19-17(22)12-7-21(2)16-11-6-10(18)3-4-14(11)23-8-13(12)16/h3-6,12-13,16H,7-8H2,1-2H3,(H,19,22)/t12-,13+,16+/m1/s1. The van der Waals surface area contributed by atoms with E-state index in [1.54, 1.807) is 6.07 Å². The normalized spacial score (nSPS) is 25.7. The summed E-state index contributed by atoms with van der Waals surface area (Å²) >= 11 is 1.28. The molecule has 0 bridgehead atoms. The molecule has 126 valence electrons. The average molecular weight is 347 g/mol. The SMILES string of the molecule is Cc1cc(NC(=O)[C@@H]2CN(C)[C@H]3c4cc(F)ccc4OC[C@@H]23)sn1. The van der Waals surface area contributed by atoms with Gasteiger partial charge in [-0.3, -0.25) is 9.69 Å². The van der Waals surface area contributed by atoms with Gasteiger partial charge in [-0.1, -0.05) is 0 Å². The van der Waals surface area contributed by atoms with E-state index >= 15 is 0 Å². The molecule has 1 saturated heterocycles. The zero-order chi connectivity index (χ0) is 16.8. The molecule has 7 heteroatoms. The Balaban J connectivity index is 1.59. The minimum atomic E-state index is -0.278. The highest BCUT2D eigenvalue weighted by Crippen LogP contribution is 2.47. The maximum atomic E-state index is 13.7. The number of nitrogens with zero attached hydrogens (tertiary/aromatic N) is 2. The van der Waals surface area contributed by atoms with Crippen LogP contribution >= 0.6 is 11.5 Å². The highest BCUT2D eigenvalue weighted by atomic mass is 32.1. The number of benzene rings is 1. The number of aryl methyl sites for hydroxylation is 1. The highest BCUT2D eigenvalue weighted by molar-refractivity contribution is 7.10. The molecule has 24 heavy (non-hydrogen) atoms. The molecule has 2 aliphatic heterocycles. The zero-order valence-electron chi connectivity index (χ0n) is 13.5. The summed E-state index contributed by atoms with van der Waals surface area (Å²) < 4.78 is 23.6. The molecule has 1 amide bonds. The predicted octanol–water partition coefficient (Wildman–Crippen LogP) is 2.84. The summed E-state index contributed by atoms with van der Waals surface area (Å²) in [6.45, 7) is 2.98. The molecule has 1 N–H and O–H groups in total. The van der Waals surface area contributed by atoms with Gasteiger partial charge in [0, 0.05) is 24.1 Å². The molecule has 1 aromatic heterocycles. The van der Waals surface area contributed by atoms with E-state index in [0.29, 0.717) is 18.9 Å². The van der Waals surface area contributed by atoms with Crippen LogP contribution in [0.15, 0.2) is 24.3 Å². The van der Waals surface area contributed by atoms with Gasteiger partial charge in [-0.2, -0.15) is 4.37 Å². The molecule has 1 fully saturated rings. The van der Waals surface area contributed by atoms with E-state index in [2.05, 4.69) is 14.6 Å². The van der Waals surface area contributed by atoms with Crippen LogP contribution in [0.5, 0.6) is 5.75 Å². The minimum Gasteiger partial charge on any atom is -0.493 e. The number of carbonyl (C=O) groups is 1. The van der Waals surface area contributed by atoms with Crippen LogP contribution in [0, 0.1) is 24.6 Å². The molecule has 0 aliphatic carbocycles. The number of fused-ring (bicyclic) bond motifs is 3. The summed E-state index contributed by atoms with van der Waals surface area (Å²) in [5.41, 5.74) is 1.72. The lowest BCUT2D eigenvalue weighted by Gasteiger charge is -2.32. The first-order valence-electron chi connectivity index (χ1n) is 7.89. The minimum absolute atomic E-state index is 0.00315. The van der Waals surface area contributed by atoms with Crippen molar-refractivity contribution in [3.63, 3.8) is 0 Å². The Morgan fingerprint density at radius 1 is 1.46 bits per heavy atom. The number of ether oxygens (including phenoxy) is 1. The van der Waals surface area contributed by atoms with Crippen LogP contribution in [-0.2, 0) is 4.79 Å². The second kappa shape index (κ2) is 5.82. The fourth-order valence-electron chi connectivity index (χ4n) is 3.76. The number of aromatic nitrogens is 1. The molecule has 5 nitrogen and oxygen atoms in total. The molecule has 3 atom stereocenters. The number of anilines is 1. The lowest BCUT2D eigenvalue weighted by molar-refractivity contribution is -0.121. The molecular formula is C17H18FN3O2S.